The smallest absolute Gasteiger partial charge is 0.252 e. The van der Waals surface area contributed by atoms with Gasteiger partial charge >= 0.3 is 0 Å². The first kappa shape index (κ1) is 19.2. The summed E-state index contributed by atoms with van der Waals surface area (Å²) >= 11 is 1.53. The van der Waals surface area contributed by atoms with Gasteiger partial charge in [-0.1, -0.05) is 47.6 Å². The fourth-order valence-corrected chi connectivity index (χ4v) is 3.62. The second-order valence-corrected chi connectivity index (χ2v) is 7.43. The van der Waals surface area contributed by atoms with Gasteiger partial charge in [0.1, 0.15) is 0 Å². The molecule has 27 heavy (non-hydrogen) atoms. The summed E-state index contributed by atoms with van der Waals surface area (Å²) in [7, 11) is 0. The number of hydrogen-bond donors (Lipinski definition) is 1. The molecule has 0 bridgehead atoms. The van der Waals surface area contributed by atoms with Gasteiger partial charge in [0.05, 0.1) is 11.3 Å². The van der Waals surface area contributed by atoms with Gasteiger partial charge in [0.2, 0.25) is 5.89 Å². The van der Waals surface area contributed by atoms with E-state index < -0.39 is 0 Å². The molecule has 0 unspecified atom stereocenters. The third-order valence-corrected chi connectivity index (χ3v) is 5.21. The highest BCUT2D eigenvalue weighted by Crippen LogP contribution is 2.25. The lowest BCUT2D eigenvalue weighted by molar-refractivity contribution is 0.0935. The Hall–Kier alpha value is -2.60. The Labute approximate surface area is 163 Å². The molecule has 0 radical (unpaired) electrons. The van der Waals surface area contributed by atoms with Gasteiger partial charge in [0.15, 0.2) is 5.82 Å². The summed E-state index contributed by atoms with van der Waals surface area (Å²) in [6, 6.07) is 18.0. The lowest BCUT2D eigenvalue weighted by atomic mass is 10.1. The van der Waals surface area contributed by atoms with Crippen LogP contribution in [0.1, 0.15) is 41.0 Å². The van der Waals surface area contributed by atoms with Crippen LogP contribution in [0.4, 0.5) is 0 Å². The van der Waals surface area contributed by atoms with Crippen molar-refractivity contribution in [3.63, 3.8) is 0 Å². The zero-order valence-electron chi connectivity index (χ0n) is 15.5. The van der Waals surface area contributed by atoms with Gasteiger partial charge in [-0.05, 0) is 37.5 Å². The van der Waals surface area contributed by atoms with E-state index >= 15 is 0 Å². The van der Waals surface area contributed by atoms with Crippen LogP contribution in [-0.4, -0.2) is 22.1 Å². The molecule has 1 N–H and O–H groups in total. The first-order chi connectivity index (χ1) is 13.1. The molecule has 0 aliphatic carbocycles. The van der Waals surface area contributed by atoms with Crippen LogP contribution >= 0.6 is 11.8 Å². The zero-order chi connectivity index (χ0) is 19.1. The molecule has 0 fully saturated rings. The third-order valence-electron chi connectivity index (χ3n) is 4.14. The van der Waals surface area contributed by atoms with E-state index in [4.69, 9.17) is 4.52 Å². The maximum absolute atomic E-state index is 12.7. The quantitative estimate of drug-likeness (QED) is 0.585. The second-order valence-electron chi connectivity index (χ2n) is 6.41. The number of carbonyl (C=O) groups is 1. The van der Waals surface area contributed by atoms with Gasteiger partial charge in [0, 0.05) is 17.9 Å². The van der Waals surface area contributed by atoms with Crippen LogP contribution < -0.4 is 5.32 Å². The van der Waals surface area contributed by atoms with Crippen molar-refractivity contribution >= 4 is 17.7 Å². The predicted octanol–water partition coefficient (Wildman–Crippen LogP) is 4.42. The van der Waals surface area contributed by atoms with Gasteiger partial charge in [-0.15, -0.1) is 11.8 Å². The van der Waals surface area contributed by atoms with E-state index in [1.807, 2.05) is 49.4 Å². The van der Waals surface area contributed by atoms with Crippen LogP contribution in [0.15, 0.2) is 64.0 Å². The highest BCUT2D eigenvalue weighted by molar-refractivity contribution is 7.98. The first-order valence-corrected chi connectivity index (χ1v) is 9.96. The van der Waals surface area contributed by atoms with E-state index in [0.29, 0.717) is 23.0 Å². The molecule has 1 amide bonds. The molecule has 3 rings (SSSR count). The molecule has 1 heterocycles. The van der Waals surface area contributed by atoms with Gasteiger partial charge in [-0.3, -0.25) is 4.79 Å². The van der Waals surface area contributed by atoms with Gasteiger partial charge in [-0.25, -0.2) is 0 Å². The normalized spacial score (nSPS) is 11.9. The summed E-state index contributed by atoms with van der Waals surface area (Å²) in [6.07, 6.45) is 1.84. The standard InChI is InChI=1S/C21H23N3O2S/c1-15(12-13-17-8-4-3-5-9-17)22-21(25)18-10-6-7-11-19(18)27-14-20-23-16(2)26-24-20/h3-11,15H,12-14H2,1-2H3,(H,22,25)/t15-/m0/s1. The third kappa shape index (κ3) is 5.69. The van der Waals surface area contributed by atoms with E-state index in [-0.39, 0.29) is 11.9 Å². The number of aryl methyl sites for hydroxylation is 2. The lowest BCUT2D eigenvalue weighted by Crippen LogP contribution is -2.33. The predicted molar refractivity (Wildman–Crippen MR) is 107 cm³/mol. The van der Waals surface area contributed by atoms with E-state index in [9.17, 15) is 4.79 Å². The summed E-state index contributed by atoms with van der Waals surface area (Å²) in [5.41, 5.74) is 1.96. The second kappa shape index (κ2) is 9.37. The zero-order valence-corrected chi connectivity index (χ0v) is 16.3. The van der Waals surface area contributed by atoms with Gasteiger partial charge < -0.3 is 9.84 Å². The number of amides is 1. The lowest BCUT2D eigenvalue weighted by Gasteiger charge is -2.15. The Kier molecular flexibility index (Phi) is 6.65. The van der Waals surface area contributed by atoms with Crippen LogP contribution in [-0.2, 0) is 12.2 Å². The van der Waals surface area contributed by atoms with Crippen LogP contribution in [0.3, 0.4) is 0 Å². The Morgan fingerprint density at radius 3 is 2.63 bits per heavy atom. The molecule has 1 atom stereocenters. The van der Waals surface area contributed by atoms with E-state index in [2.05, 4.69) is 27.6 Å². The number of nitrogens with one attached hydrogen (secondary N) is 1. The topological polar surface area (TPSA) is 68.0 Å². The van der Waals surface area contributed by atoms with Gasteiger partial charge in [0.25, 0.3) is 5.91 Å². The molecule has 0 saturated heterocycles. The van der Waals surface area contributed by atoms with E-state index in [0.717, 1.165) is 17.7 Å². The number of hydrogen-bond acceptors (Lipinski definition) is 5. The number of thioether (sulfide) groups is 1. The molecule has 2 aromatic carbocycles. The molecular formula is C21H23N3O2S. The minimum absolute atomic E-state index is 0.0528. The fourth-order valence-electron chi connectivity index (χ4n) is 2.72. The molecule has 140 valence electrons. The van der Waals surface area contributed by atoms with E-state index in [1.165, 1.54) is 17.3 Å². The maximum Gasteiger partial charge on any atom is 0.252 e. The molecule has 0 saturated carbocycles. The first-order valence-electron chi connectivity index (χ1n) is 8.97. The van der Waals surface area contributed by atoms with Gasteiger partial charge in [-0.2, -0.15) is 4.98 Å². The monoisotopic (exact) mass is 381 g/mol. The summed E-state index contributed by atoms with van der Waals surface area (Å²) in [5.74, 6) is 1.68. The van der Waals surface area contributed by atoms with Crippen molar-refractivity contribution in [2.75, 3.05) is 0 Å². The number of benzene rings is 2. The molecule has 5 nitrogen and oxygen atoms in total. The molecule has 0 spiro atoms. The minimum atomic E-state index is -0.0528. The summed E-state index contributed by atoms with van der Waals surface area (Å²) in [5, 5.41) is 7.01. The fraction of sp³-hybridized carbons (Fsp3) is 0.286. The summed E-state index contributed by atoms with van der Waals surface area (Å²) in [6.45, 7) is 3.80. The number of nitrogens with zero attached hydrogens (tertiary/aromatic N) is 2. The van der Waals surface area contributed by atoms with Crippen molar-refractivity contribution < 1.29 is 9.32 Å². The summed E-state index contributed by atoms with van der Waals surface area (Å²) < 4.78 is 4.99. The average Bonchev–Trinajstić information content (AvgIpc) is 3.11. The molecule has 0 aliphatic heterocycles. The largest absolute Gasteiger partial charge is 0.350 e. The van der Waals surface area contributed by atoms with Crippen LogP contribution in [0.25, 0.3) is 0 Å². The molecule has 1 aromatic heterocycles. The Morgan fingerprint density at radius 2 is 1.89 bits per heavy atom. The minimum Gasteiger partial charge on any atom is -0.350 e. The highest BCUT2D eigenvalue weighted by Gasteiger charge is 2.15. The van der Waals surface area contributed by atoms with E-state index in [1.54, 1.807) is 6.92 Å². The number of aromatic nitrogens is 2. The van der Waals surface area contributed by atoms with Crippen LogP contribution in [0.2, 0.25) is 0 Å². The number of carbonyl (C=O) groups excluding carboxylic acids is 1. The van der Waals surface area contributed by atoms with Crippen molar-refractivity contribution in [3.8, 4) is 0 Å². The highest BCUT2D eigenvalue weighted by atomic mass is 32.2. The molecule has 0 aliphatic rings. The van der Waals surface area contributed by atoms with Crippen molar-refractivity contribution in [3.05, 3.63) is 77.4 Å². The van der Waals surface area contributed by atoms with Crippen LogP contribution in [0.5, 0.6) is 0 Å². The maximum atomic E-state index is 12.7. The molecular weight excluding hydrogens is 358 g/mol. The SMILES string of the molecule is Cc1nc(CSc2ccccc2C(=O)N[C@@H](C)CCc2ccccc2)no1. The van der Waals surface area contributed by atoms with Crippen molar-refractivity contribution in [2.24, 2.45) is 0 Å². The van der Waals surface area contributed by atoms with Crippen molar-refractivity contribution in [2.45, 2.75) is 43.4 Å². The summed E-state index contributed by atoms with van der Waals surface area (Å²) in [4.78, 5) is 17.8. The Balaban J connectivity index is 1.57. The molecule has 6 heteroatoms. The van der Waals surface area contributed by atoms with Crippen LogP contribution in [0, 0.1) is 6.92 Å². The number of rotatable bonds is 8. The Morgan fingerprint density at radius 1 is 1.15 bits per heavy atom. The Bertz CT molecular complexity index is 880. The average molecular weight is 382 g/mol. The molecule has 3 aromatic rings. The van der Waals surface area contributed by atoms with Crippen molar-refractivity contribution in [1.29, 1.82) is 0 Å². The van der Waals surface area contributed by atoms with Crippen molar-refractivity contribution in [1.82, 2.24) is 15.5 Å².